The molecule has 0 unspecified atom stereocenters. The summed E-state index contributed by atoms with van der Waals surface area (Å²) in [6.07, 6.45) is 3.48. The van der Waals surface area contributed by atoms with Gasteiger partial charge in [-0.2, -0.15) is 0 Å². The lowest BCUT2D eigenvalue weighted by atomic mass is 10.2. The molecular formula is C8H13NO. The van der Waals surface area contributed by atoms with Crippen LogP contribution in [0.3, 0.4) is 0 Å². The van der Waals surface area contributed by atoms with E-state index in [4.69, 9.17) is 5.11 Å². The first-order chi connectivity index (χ1) is 4.79. The van der Waals surface area contributed by atoms with Crippen LogP contribution in [0, 0.1) is 0 Å². The first kappa shape index (κ1) is 7.35. The molecule has 1 aromatic heterocycles. The third-order valence-corrected chi connectivity index (χ3v) is 1.49. The van der Waals surface area contributed by atoms with Gasteiger partial charge in [-0.05, 0) is 31.9 Å². The summed E-state index contributed by atoms with van der Waals surface area (Å²) >= 11 is 0. The number of hydrogen-bond donors (Lipinski definition) is 2. The summed E-state index contributed by atoms with van der Waals surface area (Å²) in [5.74, 6) is 0. The van der Waals surface area contributed by atoms with Crippen molar-refractivity contribution in [2.45, 2.75) is 25.9 Å². The van der Waals surface area contributed by atoms with Crippen molar-refractivity contribution in [3.8, 4) is 0 Å². The van der Waals surface area contributed by atoms with Crippen LogP contribution in [0.25, 0.3) is 0 Å². The summed E-state index contributed by atoms with van der Waals surface area (Å²) in [6.45, 7) is 1.81. The summed E-state index contributed by atoms with van der Waals surface area (Å²) in [7, 11) is 0. The number of rotatable bonds is 3. The van der Waals surface area contributed by atoms with Gasteiger partial charge in [-0.25, -0.2) is 0 Å². The van der Waals surface area contributed by atoms with E-state index in [-0.39, 0.29) is 6.10 Å². The molecule has 10 heavy (non-hydrogen) atoms. The number of hydrogen-bond acceptors (Lipinski definition) is 1. The van der Waals surface area contributed by atoms with Gasteiger partial charge in [-0.15, -0.1) is 0 Å². The van der Waals surface area contributed by atoms with Crippen molar-refractivity contribution < 1.29 is 5.11 Å². The van der Waals surface area contributed by atoms with E-state index in [1.165, 1.54) is 5.69 Å². The zero-order valence-corrected chi connectivity index (χ0v) is 6.17. The molecule has 2 nitrogen and oxygen atoms in total. The number of aromatic amines is 1. The van der Waals surface area contributed by atoms with E-state index in [1.807, 2.05) is 25.3 Å². The second-order valence-electron chi connectivity index (χ2n) is 2.58. The van der Waals surface area contributed by atoms with Gasteiger partial charge in [0, 0.05) is 11.9 Å². The minimum absolute atomic E-state index is 0.191. The highest BCUT2D eigenvalue weighted by Crippen LogP contribution is 2.01. The van der Waals surface area contributed by atoms with Crippen LogP contribution in [-0.2, 0) is 6.42 Å². The van der Waals surface area contributed by atoms with Crippen molar-refractivity contribution >= 4 is 0 Å². The van der Waals surface area contributed by atoms with Crippen LogP contribution < -0.4 is 0 Å². The van der Waals surface area contributed by atoms with Crippen molar-refractivity contribution in [3.05, 3.63) is 24.0 Å². The van der Waals surface area contributed by atoms with Crippen LogP contribution in [0.4, 0.5) is 0 Å². The van der Waals surface area contributed by atoms with Gasteiger partial charge < -0.3 is 10.1 Å². The molecule has 0 saturated heterocycles. The van der Waals surface area contributed by atoms with Gasteiger partial charge in [0.15, 0.2) is 0 Å². The molecule has 0 aliphatic carbocycles. The van der Waals surface area contributed by atoms with Crippen molar-refractivity contribution in [3.63, 3.8) is 0 Å². The van der Waals surface area contributed by atoms with Gasteiger partial charge in [0.2, 0.25) is 0 Å². The van der Waals surface area contributed by atoms with Crippen molar-refractivity contribution in [1.82, 2.24) is 4.98 Å². The molecule has 0 aromatic carbocycles. The molecule has 2 N–H and O–H groups in total. The summed E-state index contributed by atoms with van der Waals surface area (Å²) in [5, 5.41) is 8.94. The molecule has 2 heteroatoms. The molecule has 1 atom stereocenters. The molecule has 0 fully saturated rings. The first-order valence-corrected chi connectivity index (χ1v) is 3.59. The minimum atomic E-state index is -0.191. The molecule has 0 radical (unpaired) electrons. The van der Waals surface area contributed by atoms with Gasteiger partial charge >= 0.3 is 0 Å². The molecule has 0 aliphatic heterocycles. The molecule has 0 spiro atoms. The lowest BCUT2D eigenvalue weighted by molar-refractivity contribution is 0.184. The highest BCUT2D eigenvalue weighted by atomic mass is 16.3. The molecular weight excluding hydrogens is 126 g/mol. The van der Waals surface area contributed by atoms with Crippen LogP contribution in [-0.4, -0.2) is 16.2 Å². The Kier molecular flexibility index (Phi) is 2.51. The van der Waals surface area contributed by atoms with E-state index < -0.39 is 0 Å². The summed E-state index contributed by atoms with van der Waals surface area (Å²) in [4.78, 5) is 3.08. The molecule has 56 valence electrons. The Balaban J connectivity index is 2.28. The standard InChI is InChI=1S/C8H13NO/c1-7(10)4-5-8-3-2-6-9-8/h2-3,6-7,9-10H,4-5H2,1H3/t7-/m1/s1. The van der Waals surface area contributed by atoms with Gasteiger partial charge in [0.1, 0.15) is 0 Å². The Morgan fingerprint density at radius 2 is 2.50 bits per heavy atom. The second kappa shape index (κ2) is 3.42. The molecule has 1 heterocycles. The number of aryl methyl sites for hydroxylation is 1. The number of aliphatic hydroxyl groups excluding tert-OH is 1. The number of aromatic nitrogens is 1. The van der Waals surface area contributed by atoms with Crippen molar-refractivity contribution in [1.29, 1.82) is 0 Å². The molecule has 0 bridgehead atoms. The maximum atomic E-state index is 8.94. The average molecular weight is 139 g/mol. The SMILES string of the molecule is C[C@@H](O)CCc1ccc[nH]1. The van der Waals surface area contributed by atoms with Crippen molar-refractivity contribution in [2.24, 2.45) is 0 Å². The Morgan fingerprint density at radius 1 is 1.70 bits per heavy atom. The minimum Gasteiger partial charge on any atom is -0.393 e. The van der Waals surface area contributed by atoms with E-state index in [2.05, 4.69) is 4.98 Å². The smallest absolute Gasteiger partial charge is 0.0515 e. The third-order valence-electron chi connectivity index (χ3n) is 1.49. The quantitative estimate of drug-likeness (QED) is 0.651. The number of nitrogens with one attached hydrogen (secondary N) is 1. The first-order valence-electron chi connectivity index (χ1n) is 3.59. The topological polar surface area (TPSA) is 36.0 Å². The molecule has 1 rings (SSSR count). The fourth-order valence-corrected chi connectivity index (χ4v) is 0.887. The largest absolute Gasteiger partial charge is 0.393 e. The molecule has 0 aliphatic rings. The van der Waals surface area contributed by atoms with E-state index in [9.17, 15) is 0 Å². The Hall–Kier alpha value is -0.760. The fraction of sp³-hybridized carbons (Fsp3) is 0.500. The van der Waals surface area contributed by atoms with Crippen LogP contribution in [0.2, 0.25) is 0 Å². The summed E-state index contributed by atoms with van der Waals surface area (Å²) < 4.78 is 0. The molecule has 0 saturated carbocycles. The number of H-pyrrole nitrogens is 1. The highest BCUT2D eigenvalue weighted by Gasteiger charge is 1.96. The third kappa shape index (κ3) is 2.23. The van der Waals surface area contributed by atoms with Gasteiger partial charge in [0.25, 0.3) is 0 Å². The second-order valence-corrected chi connectivity index (χ2v) is 2.58. The van der Waals surface area contributed by atoms with Crippen LogP contribution >= 0.6 is 0 Å². The lowest BCUT2D eigenvalue weighted by Gasteiger charge is -2.00. The zero-order chi connectivity index (χ0) is 7.40. The summed E-state index contributed by atoms with van der Waals surface area (Å²) in [6, 6.07) is 4.00. The predicted octanol–water partition coefficient (Wildman–Crippen LogP) is 1.33. The van der Waals surface area contributed by atoms with Gasteiger partial charge in [-0.3, -0.25) is 0 Å². The Labute approximate surface area is 60.9 Å². The lowest BCUT2D eigenvalue weighted by Crippen LogP contribution is -2.01. The monoisotopic (exact) mass is 139 g/mol. The van der Waals surface area contributed by atoms with Gasteiger partial charge in [0.05, 0.1) is 6.10 Å². The Bertz CT molecular complexity index is 167. The molecule has 1 aromatic rings. The normalized spacial score (nSPS) is 13.4. The molecule has 0 amide bonds. The van der Waals surface area contributed by atoms with Crippen LogP contribution in [0.1, 0.15) is 19.0 Å². The average Bonchev–Trinajstić information content (AvgIpc) is 2.34. The van der Waals surface area contributed by atoms with E-state index >= 15 is 0 Å². The number of aliphatic hydroxyl groups is 1. The maximum Gasteiger partial charge on any atom is 0.0515 e. The van der Waals surface area contributed by atoms with Gasteiger partial charge in [-0.1, -0.05) is 0 Å². The van der Waals surface area contributed by atoms with Crippen molar-refractivity contribution in [2.75, 3.05) is 0 Å². The van der Waals surface area contributed by atoms with E-state index in [0.29, 0.717) is 0 Å². The fourth-order valence-electron chi connectivity index (χ4n) is 0.887. The Morgan fingerprint density at radius 3 is 3.00 bits per heavy atom. The van der Waals surface area contributed by atoms with Crippen LogP contribution in [0.5, 0.6) is 0 Å². The summed E-state index contributed by atoms with van der Waals surface area (Å²) in [5.41, 5.74) is 1.20. The highest BCUT2D eigenvalue weighted by molar-refractivity contribution is 5.03. The van der Waals surface area contributed by atoms with E-state index in [1.54, 1.807) is 0 Å². The zero-order valence-electron chi connectivity index (χ0n) is 6.17. The maximum absolute atomic E-state index is 8.94. The predicted molar refractivity (Wildman–Crippen MR) is 40.8 cm³/mol. The van der Waals surface area contributed by atoms with E-state index in [0.717, 1.165) is 12.8 Å². The van der Waals surface area contributed by atoms with Crippen LogP contribution in [0.15, 0.2) is 18.3 Å².